The predicted molar refractivity (Wildman–Crippen MR) is 79.3 cm³/mol. The van der Waals surface area contributed by atoms with Gasteiger partial charge in [-0.05, 0) is 41.4 Å². The normalized spacial score (nSPS) is 10.6. The Hall–Kier alpha value is -1.02. The molecule has 0 fully saturated rings. The van der Waals surface area contributed by atoms with Gasteiger partial charge in [0.05, 0.1) is 0 Å². The van der Waals surface area contributed by atoms with Crippen LogP contribution < -0.4 is 5.32 Å². The Morgan fingerprint density at radius 2 is 1.78 bits per heavy atom. The highest BCUT2D eigenvalue weighted by Gasteiger charge is 2.04. The maximum absolute atomic E-state index is 6.28. The van der Waals surface area contributed by atoms with Crippen molar-refractivity contribution in [2.75, 3.05) is 6.54 Å². The second-order valence-corrected chi connectivity index (χ2v) is 4.94. The fourth-order valence-electron chi connectivity index (χ4n) is 1.80. The van der Waals surface area contributed by atoms with Crippen LogP contribution in [0.25, 0.3) is 11.1 Å². The van der Waals surface area contributed by atoms with Gasteiger partial charge in [-0.3, -0.25) is 0 Å². The Bertz CT molecular complexity index is 538. The molecule has 0 unspecified atom stereocenters. The SMILES string of the molecule is CCNCc1ccc(-c2cccc(Cl)c2)cc1Cl. The maximum Gasteiger partial charge on any atom is 0.0457 e. The lowest BCUT2D eigenvalue weighted by atomic mass is 10.0. The third kappa shape index (κ3) is 3.26. The van der Waals surface area contributed by atoms with Gasteiger partial charge in [-0.2, -0.15) is 0 Å². The fourth-order valence-corrected chi connectivity index (χ4v) is 2.24. The quantitative estimate of drug-likeness (QED) is 0.850. The average molecular weight is 280 g/mol. The van der Waals surface area contributed by atoms with E-state index in [4.69, 9.17) is 23.2 Å². The molecule has 0 atom stereocenters. The van der Waals surface area contributed by atoms with Crippen molar-refractivity contribution in [2.24, 2.45) is 0 Å². The van der Waals surface area contributed by atoms with Crippen molar-refractivity contribution in [1.29, 1.82) is 0 Å². The molecule has 18 heavy (non-hydrogen) atoms. The molecule has 2 aromatic carbocycles. The molecule has 0 aliphatic rings. The topological polar surface area (TPSA) is 12.0 Å². The molecule has 2 aromatic rings. The summed E-state index contributed by atoms with van der Waals surface area (Å²) in [5, 5.41) is 4.79. The lowest BCUT2D eigenvalue weighted by Crippen LogP contribution is -2.11. The first-order chi connectivity index (χ1) is 8.70. The van der Waals surface area contributed by atoms with E-state index in [0.717, 1.165) is 39.8 Å². The summed E-state index contributed by atoms with van der Waals surface area (Å²) >= 11 is 12.3. The van der Waals surface area contributed by atoms with Crippen molar-refractivity contribution < 1.29 is 0 Å². The molecule has 2 rings (SSSR count). The largest absolute Gasteiger partial charge is 0.313 e. The van der Waals surface area contributed by atoms with Gasteiger partial charge >= 0.3 is 0 Å². The average Bonchev–Trinajstić information content (AvgIpc) is 2.37. The zero-order valence-corrected chi connectivity index (χ0v) is 11.7. The molecule has 0 radical (unpaired) electrons. The molecule has 0 saturated carbocycles. The third-order valence-corrected chi connectivity index (χ3v) is 3.36. The van der Waals surface area contributed by atoms with Gasteiger partial charge in [0.1, 0.15) is 0 Å². The smallest absolute Gasteiger partial charge is 0.0457 e. The van der Waals surface area contributed by atoms with E-state index in [1.807, 2.05) is 30.3 Å². The van der Waals surface area contributed by atoms with Crippen LogP contribution in [-0.4, -0.2) is 6.54 Å². The van der Waals surface area contributed by atoms with Crippen LogP contribution in [0.5, 0.6) is 0 Å². The number of hydrogen-bond donors (Lipinski definition) is 1. The lowest BCUT2D eigenvalue weighted by Gasteiger charge is -2.08. The summed E-state index contributed by atoms with van der Waals surface area (Å²) in [4.78, 5) is 0. The van der Waals surface area contributed by atoms with Crippen molar-refractivity contribution in [3.05, 3.63) is 58.1 Å². The highest BCUT2D eigenvalue weighted by molar-refractivity contribution is 6.32. The van der Waals surface area contributed by atoms with Crippen molar-refractivity contribution in [3.8, 4) is 11.1 Å². The highest BCUT2D eigenvalue weighted by atomic mass is 35.5. The van der Waals surface area contributed by atoms with E-state index >= 15 is 0 Å². The van der Waals surface area contributed by atoms with Crippen LogP contribution in [0.3, 0.4) is 0 Å². The summed E-state index contributed by atoms with van der Waals surface area (Å²) in [5.74, 6) is 0. The minimum absolute atomic E-state index is 0.736. The van der Waals surface area contributed by atoms with Gasteiger partial charge in [0, 0.05) is 16.6 Å². The molecule has 0 aliphatic carbocycles. The van der Waals surface area contributed by atoms with Crippen LogP contribution >= 0.6 is 23.2 Å². The van der Waals surface area contributed by atoms with Gasteiger partial charge in [-0.1, -0.05) is 54.4 Å². The molecule has 1 N–H and O–H groups in total. The van der Waals surface area contributed by atoms with Gasteiger partial charge in [-0.25, -0.2) is 0 Å². The minimum atomic E-state index is 0.736. The molecule has 3 heteroatoms. The molecule has 0 aromatic heterocycles. The predicted octanol–water partition coefficient (Wildman–Crippen LogP) is 4.77. The van der Waals surface area contributed by atoms with Crippen LogP contribution in [0.2, 0.25) is 10.0 Å². The number of nitrogens with one attached hydrogen (secondary N) is 1. The molecule has 0 amide bonds. The van der Waals surface area contributed by atoms with Crippen LogP contribution in [-0.2, 0) is 6.54 Å². The molecule has 0 aliphatic heterocycles. The summed E-state index contributed by atoms with van der Waals surface area (Å²) in [6, 6.07) is 13.9. The molecule has 0 spiro atoms. The lowest BCUT2D eigenvalue weighted by molar-refractivity contribution is 0.727. The van der Waals surface area contributed by atoms with Crippen LogP contribution in [0.1, 0.15) is 12.5 Å². The number of halogens is 2. The van der Waals surface area contributed by atoms with Crippen LogP contribution in [0.4, 0.5) is 0 Å². The molecular formula is C15H15Cl2N. The Morgan fingerprint density at radius 3 is 2.44 bits per heavy atom. The summed E-state index contributed by atoms with van der Waals surface area (Å²) in [6.45, 7) is 3.81. The molecule has 0 heterocycles. The van der Waals surface area contributed by atoms with E-state index in [1.165, 1.54) is 0 Å². The summed E-state index contributed by atoms with van der Waals surface area (Å²) in [5.41, 5.74) is 3.28. The van der Waals surface area contributed by atoms with Crippen LogP contribution in [0, 0.1) is 0 Å². The van der Waals surface area contributed by atoms with Gasteiger partial charge in [0.2, 0.25) is 0 Å². The first-order valence-corrected chi connectivity index (χ1v) is 6.71. The molecule has 0 saturated heterocycles. The second-order valence-electron chi connectivity index (χ2n) is 4.10. The van der Waals surface area contributed by atoms with Gasteiger partial charge in [-0.15, -0.1) is 0 Å². The monoisotopic (exact) mass is 279 g/mol. The third-order valence-electron chi connectivity index (χ3n) is 2.78. The van der Waals surface area contributed by atoms with E-state index < -0.39 is 0 Å². The standard InChI is InChI=1S/C15H15Cl2N/c1-2-18-10-13-7-6-12(9-15(13)17)11-4-3-5-14(16)8-11/h3-9,18H,2,10H2,1H3. The number of hydrogen-bond acceptors (Lipinski definition) is 1. The maximum atomic E-state index is 6.28. The van der Waals surface area contributed by atoms with E-state index in [-0.39, 0.29) is 0 Å². The van der Waals surface area contributed by atoms with Gasteiger partial charge in [0.15, 0.2) is 0 Å². The summed E-state index contributed by atoms with van der Waals surface area (Å²) < 4.78 is 0. The van der Waals surface area contributed by atoms with E-state index in [9.17, 15) is 0 Å². The number of rotatable bonds is 4. The van der Waals surface area contributed by atoms with Crippen LogP contribution in [0.15, 0.2) is 42.5 Å². The van der Waals surface area contributed by atoms with Crippen molar-refractivity contribution >= 4 is 23.2 Å². The Kier molecular flexibility index (Phi) is 4.65. The fraction of sp³-hybridized carbons (Fsp3) is 0.200. The Labute approximate surface area is 118 Å². The zero-order chi connectivity index (χ0) is 13.0. The summed E-state index contributed by atoms with van der Waals surface area (Å²) in [6.07, 6.45) is 0. The molecule has 1 nitrogen and oxygen atoms in total. The zero-order valence-electron chi connectivity index (χ0n) is 10.2. The minimum Gasteiger partial charge on any atom is -0.313 e. The second kappa shape index (κ2) is 6.24. The van der Waals surface area contributed by atoms with Gasteiger partial charge in [0.25, 0.3) is 0 Å². The molecule has 94 valence electrons. The number of benzene rings is 2. The van der Waals surface area contributed by atoms with Crippen molar-refractivity contribution in [1.82, 2.24) is 5.32 Å². The molecule has 0 bridgehead atoms. The van der Waals surface area contributed by atoms with Gasteiger partial charge < -0.3 is 5.32 Å². The summed E-state index contributed by atoms with van der Waals surface area (Å²) in [7, 11) is 0. The first kappa shape index (κ1) is 13.4. The van der Waals surface area contributed by atoms with Crippen molar-refractivity contribution in [2.45, 2.75) is 13.5 Å². The highest BCUT2D eigenvalue weighted by Crippen LogP contribution is 2.27. The van der Waals surface area contributed by atoms with Crippen molar-refractivity contribution in [3.63, 3.8) is 0 Å². The van der Waals surface area contributed by atoms with E-state index in [0.29, 0.717) is 0 Å². The Morgan fingerprint density at radius 1 is 1.00 bits per heavy atom. The van der Waals surface area contributed by atoms with E-state index in [2.05, 4.69) is 24.4 Å². The molecular weight excluding hydrogens is 265 g/mol. The first-order valence-electron chi connectivity index (χ1n) is 5.96. The van der Waals surface area contributed by atoms with E-state index in [1.54, 1.807) is 0 Å². The Balaban J connectivity index is 2.28.